The van der Waals surface area contributed by atoms with Gasteiger partial charge in [0.15, 0.2) is 0 Å². The number of rotatable bonds is 5. The zero-order valence-electron chi connectivity index (χ0n) is 8.35. The normalized spacial score (nSPS) is 18.8. The molecule has 2 heteroatoms. The van der Waals surface area contributed by atoms with Crippen molar-refractivity contribution in [3.05, 3.63) is 0 Å². The van der Waals surface area contributed by atoms with Crippen LogP contribution in [0, 0.1) is 5.92 Å². The maximum Gasteiger partial charge on any atom is 0.148 e. The van der Waals surface area contributed by atoms with Crippen molar-refractivity contribution >= 4 is 5.78 Å². The van der Waals surface area contributed by atoms with Gasteiger partial charge < -0.3 is 0 Å². The van der Waals surface area contributed by atoms with Crippen LogP contribution in [0.5, 0.6) is 0 Å². The first-order valence-electron chi connectivity index (χ1n) is 5.49. The molecule has 1 saturated carbocycles. The van der Waals surface area contributed by atoms with E-state index in [1.165, 1.54) is 38.5 Å². The number of hydrogen-bond donors (Lipinski definition) is 0. The summed E-state index contributed by atoms with van der Waals surface area (Å²) in [6.45, 7) is -0.0231. The van der Waals surface area contributed by atoms with Crippen LogP contribution < -0.4 is 5.73 Å². The van der Waals surface area contributed by atoms with Gasteiger partial charge in [0.2, 0.25) is 0 Å². The van der Waals surface area contributed by atoms with E-state index >= 15 is 0 Å². The first-order valence-corrected chi connectivity index (χ1v) is 5.49. The lowest BCUT2D eigenvalue weighted by atomic mass is 9.85. The molecule has 13 heavy (non-hydrogen) atoms. The number of carbonyl (C=O) groups is 1. The van der Waals surface area contributed by atoms with Crippen molar-refractivity contribution in [2.45, 2.75) is 51.4 Å². The van der Waals surface area contributed by atoms with Crippen LogP contribution in [0.1, 0.15) is 51.4 Å². The number of carbonyl (C=O) groups excluding carboxylic acids is 1. The molecule has 1 fully saturated rings. The van der Waals surface area contributed by atoms with Gasteiger partial charge >= 0.3 is 0 Å². The topological polar surface area (TPSA) is 40.9 Å². The van der Waals surface area contributed by atoms with E-state index in [0.29, 0.717) is 6.42 Å². The highest BCUT2D eigenvalue weighted by atomic mass is 16.1. The van der Waals surface area contributed by atoms with Crippen LogP contribution in [0.4, 0.5) is 0 Å². The van der Waals surface area contributed by atoms with E-state index in [0.717, 1.165) is 12.3 Å². The summed E-state index contributed by atoms with van der Waals surface area (Å²) >= 11 is 0. The molecule has 0 aromatic heterocycles. The summed E-state index contributed by atoms with van der Waals surface area (Å²) in [5, 5.41) is 0. The van der Waals surface area contributed by atoms with Gasteiger partial charge in [0.05, 0.1) is 6.54 Å². The van der Waals surface area contributed by atoms with Crippen LogP contribution in [0.25, 0.3) is 0 Å². The molecule has 0 aromatic carbocycles. The minimum absolute atomic E-state index is 0.0231. The first-order chi connectivity index (χ1) is 6.33. The Bertz CT molecular complexity index is 150. The van der Waals surface area contributed by atoms with E-state index in [9.17, 15) is 4.79 Å². The van der Waals surface area contributed by atoms with Crippen LogP contribution in [-0.4, -0.2) is 12.3 Å². The largest absolute Gasteiger partial charge is 0.298 e. The predicted molar refractivity (Wildman–Crippen MR) is 53.4 cm³/mol. The second-order valence-corrected chi connectivity index (χ2v) is 4.11. The van der Waals surface area contributed by atoms with Crippen molar-refractivity contribution < 1.29 is 4.79 Å². The molecule has 1 radical (unpaired) electrons. The van der Waals surface area contributed by atoms with Crippen molar-refractivity contribution in [1.82, 2.24) is 5.73 Å². The third kappa shape index (κ3) is 4.41. The molecule has 0 aromatic rings. The van der Waals surface area contributed by atoms with E-state index in [2.05, 4.69) is 0 Å². The van der Waals surface area contributed by atoms with Gasteiger partial charge in [0.25, 0.3) is 0 Å². The fourth-order valence-electron chi connectivity index (χ4n) is 2.15. The Morgan fingerprint density at radius 3 is 2.54 bits per heavy atom. The Kier molecular flexibility index (Phi) is 5.06. The molecular weight excluding hydrogens is 162 g/mol. The molecule has 0 saturated heterocycles. The van der Waals surface area contributed by atoms with E-state index < -0.39 is 0 Å². The summed E-state index contributed by atoms with van der Waals surface area (Å²) < 4.78 is 0. The van der Waals surface area contributed by atoms with Crippen molar-refractivity contribution in [2.75, 3.05) is 6.54 Å². The lowest BCUT2D eigenvalue weighted by Gasteiger charge is -2.20. The van der Waals surface area contributed by atoms with Crippen LogP contribution in [-0.2, 0) is 4.79 Å². The van der Waals surface area contributed by atoms with Crippen LogP contribution in [0.15, 0.2) is 0 Å². The van der Waals surface area contributed by atoms with Crippen LogP contribution in [0.3, 0.4) is 0 Å². The first kappa shape index (κ1) is 10.7. The zero-order valence-corrected chi connectivity index (χ0v) is 8.35. The molecule has 0 amide bonds. The van der Waals surface area contributed by atoms with Crippen LogP contribution in [0.2, 0.25) is 0 Å². The van der Waals surface area contributed by atoms with E-state index in [4.69, 9.17) is 5.73 Å². The molecular formula is C11H20NO. The highest BCUT2D eigenvalue weighted by Crippen LogP contribution is 2.27. The second-order valence-electron chi connectivity index (χ2n) is 4.11. The highest BCUT2D eigenvalue weighted by molar-refractivity contribution is 5.79. The monoisotopic (exact) mass is 182 g/mol. The zero-order chi connectivity index (χ0) is 9.52. The molecule has 1 N–H and O–H groups in total. The third-order valence-corrected chi connectivity index (χ3v) is 2.99. The van der Waals surface area contributed by atoms with E-state index in [1.807, 2.05) is 0 Å². The average molecular weight is 182 g/mol. The maximum absolute atomic E-state index is 10.9. The summed E-state index contributed by atoms with van der Waals surface area (Å²) in [5.74, 6) is 0.989. The predicted octanol–water partition coefficient (Wildman–Crippen LogP) is 2.59. The minimum atomic E-state index is -0.0231. The van der Waals surface area contributed by atoms with Gasteiger partial charge in [-0.3, -0.25) is 10.5 Å². The molecule has 0 heterocycles. The molecule has 0 bridgehead atoms. The smallest absolute Gasteiger partial charge is 0.148 e. The Balaban J connectivity index is 2.01. The fourth-order valence-corrected chi connectivity index (χ4v) is 2.15. The average Bonchev–Trinajstić information content (AvgIpc) is 2.19. The lowest BCUT2D eigenvalue weighted by Crippen LogP contribution is -2.09. The lowest BCUT2D eigenvalue weighted by molar-refractivity contribution is -0.118. The molecule has 0 atom stereocenters. The van der Waals surface area contributed by atoms with Gasteiger partial charge in [-0.2, -0.15) is 0 Å². The summed E-state index contributed by atoms with van der Waals surface area (Å²) in [6, 6.07) is 0. The van der Waals surface area contributed by atoms with E-state index in [-0.39, 0.29) is 12.3 Å². The Hall–Kier alpha value is -0.370. The molecule has 0 aliphatic heterocycles. The molecule has 0 spiro atoms. The number of nitrogens with one attached hydrogen (secondary N) is 1. The quantitative estimate of drug-likeness (QED) is 0.644. The number of Topliss-reactive ketones (excluding diaryl/α,β-unsaturated/α-hetero) is 1. The molecule has 0 unspecified atom stereocenters. The Morgan fingerprint density at radius 1 is 1.23 bits per heavy atom. The van der Waals surface area contributed by atoms with Gasteiger partial charge in [-0.25, -0.2) is 0 Å². The van der Waals surface area contributed by atoms with E-state index in [1.54, 1.807) is 0 Å². The van der Waals surface area contributed by atoms with Crippen molar-refractivity contribution in [3.8, 4) is 0 Å². The van der Waals surface area contributed by atoms with Crippen molar-refractivity contribution in [2.24, 2.45) is 5.92 Å². The van der Waals surface area contributed by atoms with Crippen molar-refractivity contribution in [1.29, 1.82) is 0 Å². The standard InChI is InChI=1S/C11H20NO/c12-9-11(13)8-4-7-10-5-2-1-3-6-10/h10,12H,1-9H2. The van der Waals surface area contributed by atoms with Gasteiger partial charge in [0, 0.05) is 6.42 Å². The molecule has 2 nitrogen and oxygen atoms in total. The van der Waals surface area contributed by atoms with Gasteiger partial charge in [0.1, 0.15) is 5.78 Å². The van der Waals surface area contributed by atoms with Gasteiger partial charge in [-0.15, -0.1) is 0 Å². The molecule has 1 aliphatic rings. The van der Waals surface area contributed by atoms with Crippen LogP contribution >= 0.6 is 0 Å². The molecule has 1 aliphatic carbocycles. The van der Waals surface area contributed by atoms with Crippen molar-refractivity contribution in [3.63, 3.8) is 0 Å². The maximum atomic E-state index is 10.9. The number of ketones is 1. The molecule has 1 rings (SSSR count). The summed E-state index contributed by atoms with van der Waals surface area (Å²) in [5.41, 5.74) is 6.88. The highest BCUT2D eigenvalue weighted by Gasteiger charge is 2.13. The summed E-state index contributed by atoms with van der Waals surface area (Å²) in [4.78, 5) is 10.9. The minimum Gasteiger partial charge on any atom is -0.298 e. The van der Waals surface area contributed by atoms with Gasteiger partial charge in [-0.05, 0) is 12.3 Å². The Labute approximate surface area is 80.9 Å². The molecule has 75 valence electrons. The third-order valence-electron chi connectivity index (χ3n) is 2.99. The summed E-state index contributed by atoms with van der Waals surface area (Å²) in [6.07, 6.45) is 9.79. The number of hydrogen-bond acceptors (Lipinski definition) is 1. The summed E-state index contributed by atoms with van der Waals surface area (Å²) in [7, 11) is 0. The van der Waals surface area contributed by atoms with Gasteiger partial charge in [-0.1, -0.05) is 38.5 Å². The SMILES string of the molecule is [NH]CC(=O)CCCC1CCCCC1. The Morgan fingerprint density at radius 2 is 1.92 bits per heavy atom. The fraction of sp³-hybridized carbons (Fsp3) is 0.909. The second kappa shape index (κ2) is 6.14.